The van der Waals surface area contributed by atoms with Gasteiger partial charge in [-0.05, 0) is 18.2 Å². The van der Waals surface area contributed by atoms with Gasteiger partial charge in [-0.3, -0.25) is 4.79 Å². The van der Waals surface area contributed by atoms with Gasteiger partial charge in [0.2, 0.25) is 0 Å². The van der Waals surface area contributed by atoms with Gasteiger partial charge in [0.05, 0.1) is 24.2 Å². The summed E-state index contributed by atoms with van der Waals surface area (Å²) in [4.78, 5) is 18.1. The van der Waals surface area contributed by atoms with Crippen LogP contribution in [0.3, 0.4) is 0 Å². The van der Waals surface area contributed by atoms with Crippen LogP contribution >= 0.6 is 0 Å². The van der Waals surface area contributed by atoms with Crippen molar-refractivity contribution >= 4 is 11.6 Å². The first kappa shape index (κ1) is 9.93. The van der Waals surface area contributed by atoms with Crippen molar-refractivity contribution in [1.29, 1.82) is 5.26 Å². The summed E-state index contributed by atoms with van der Waals surface area (Å²) < 4.78 is 0. The number of aromatic nitrogens is 2. The largest absolute Gasteiger partial charge is 0.341 e. The number of nitrogens with zero attached hydrogens (tertiary/aromatic N) is 2. The van der Waals surface area contributed by atoms with Gasteiger partial charge in [-0.15, -0.1) is 0 Å². The van der Waals surface area contributed by atoms with Gasteiger partial charge in [0, 0.05) is 5.69 Å². The lowest BCUT2D eigenvalue weighted by molar-refractivity contribution is 0.102. The molecule has 0 aliphatic heterocycles. The number of imidazole rings is 1. The third kappa shape index (κ3) is 2.07. The van der Waals surface area contributed by atoms with Crippen LogP contribution in [0.15, 0.2) is 36.8 Å². The molecule has 1 amide bonds. The van der Waals surface area contributed by atoms with Crippen molar-refractivity contribution in [2.45, 2.75) is 0 Å². The quantitative estimate of drug-likeness (QED) is 0.792. The van der Waals surface area contributed by atoms with Crippen LogP contribution in [0.1, 0.15) is 16.1 Å². The predicted molar refractivity (Wildman–Crippen MR) is 57.7 cm³/mol. The molecule has 5 heteroatoms. The zero-order valence-corrected chi connectivity index (χ0v) is 8.27. The van der Waals surface area contributed by atoms with E-state index < -0.39 is 0 Å². The number of H-pyrrole nitrogens is 1. The number of aromatic amines is 1. The molecule has 1 aromatic carbocycles. The number of benzene rings is 1. The Morgan fingerprint density at radius 2 is 2.38 bits per heavy atom. The monoisotopic (exact) mass is 212 g/mol. The van der Waals surface area contributed by atoms with Crippen LogP contribution in [0.25, 0.3) is 0 Å². The maximum Gasteiger partial charge on any atom is 0.273 e. The minimum Gasteiger partial charge on any atom is -0.341 e. The van der Waals surface area contributed by atoms with Crippen LogP contribution in [0, 0.1) is 11.3 Å². The predicted octanol–water partition coefficient (Wildman–Crippen LogP) is 1.53. The van der Waals surface area contributed by atoms with Gasteiger partial charge >= 0.3 is 0 Å². The summed E-state index contributed by atoms with van der Waals surface area (Å²) in [6.07, 6.45) is 2.87. The average Bonchev–Trinajstić information content (AvgIpc) is 2.83. The number of nitrogens with one attached hydrogen (secondary N) is 2. The Kier molecular flexibility index (Phi) is 2.65. The number of nitriles is 1. The summed E-state index contributed by atoms with van der Waals surface area (Å²) >= 11 is 0. The Morgan fingerprint density at radius 1 is 1.50 bits per heavy atom. The fraction of sp³-hybridized carbons (Fsp3) is 0. The number of carbonyl (C=O) groups excluding carboxylic acids is 1. The molecule has 0 saturated heterocycles. The van der Waals surface area contributed by atoms with Crippen LogP contribution in [-0.2, 0) is 0 Å². The molecular formula is C11H8N4O. The van der Waals surface area contributed by atoms with Crippen LogP contribution in [0.5, 0.6) is 0 Å². The lowest BCUT2D eigenvalue weighted by atomic mass is 10.2. The number of anilines is 1. The lowest BCUT2D eigenvalue weighted by Gasteiger charge is -2.02. The third-order valence-corrected chi connectivity index (χ3v) is 1.99. The molecule has 0 aliphatic carbocycles. The van der Waals surface area contributed by atoms with Crippen molar-refractivity contribution in [3.05, 3.63) is 48.0 Å². The summed E-state index contributed by atoms with van der Waals surface area (Å²) in [5.41, 5.74) is 1.46. The Morgan fingerprint density at radius 3 is 3.06 bits per heavy atom. The fourth-order valence-electron chi connectivity index (χ4n) is 1.24. The van der Waals surface area contributed by atoms with Crippen LogP contribution in [0.2, 0.25) is 0 Å². The molecule has 2 N–H and O–H groups in total. The molecule has 0 spiro atoms. The van der Waals surface area contributed by atoms with E-state index in [0.717, 1.165) is 0 Å². The first-order chi connectivity index (χ1) is 7.79. The first-order valence-electron chi connectivity index (χ1n) is 4.59. The Bertz CT molecular complexity index is 539. The van der Waals surface area contributed by atoms with Gasteiger partial charge in [-0.2, -0.15) is 5.26 Å². The zero-order chi connectivity index (χ0) is 11.4. The van der Waals surface area contributed by atoms with Gasteiger partial charge in [-0.25, -0.2) is 4.98 Å². The van der Waals surface area contributed by atoms with Crippen LogP contribution < -0.4 is 5.32 Å². The van der Waals surface area contributed by atoms with Gasteiger partial charge in [-0.1, -0.05) is 6.07 Å². The number of rotatable bonds is 2. The molecule has 0 bridgehead atoms. The summed E-state index contributed by atoms with van der Waals surface area (Å²) in [5, 5.41) is 11.4. The van der Waals surface area contributed by atoms with Crippen molar-refractivity contribution in [2.75, 3.05) is 5.32 Å². The van der Waals surface area contributed by atoms with E-state index in [9.17, 15) is 4.79 Å². The molecule has 0 saturated carbocycles. The maximum absolute atomic E-state index is 11.6. The van der Waals surface area contributed by atoms with Crippen LogP contribution in [0.4, 0.5) is 5.69 Å². The zero-order valence-electron chi connectivity index (χ0n) is 8.27. The molecule has 2 aromatic rings. The standard InChI is InChI=1S/C11H8N4O/c12-5-8-2-1-3-9(4-8)15-11(16)10-6-13-7-14-10/h1-4,6-7H,(H,13,14)(H,15,16). The van der Waals surface area contributed by atoms with Crippen molar-refractivity contribution in [1.82, 2.24) is 9.97 Å². The van der Waals surface area contributed by atoms with Crippen molar-refractivity contribution in [3.8, 4) is 6.07 Å². The van der Waals surface area contributed by atoms with E-state index in [1.807, 2.05) is 6.07 Å². The third-order valence-electron chi connectivity index (χ3n) is 1.99. The number of hydrogen-bond acceptors (Lipinski definition) is 3. The maximum atomic E-state index is 11.6. The highest BCUT2D eigenvalue weighted by Crippen LogP contribution is 2.10. The highest BCUT2D eigenvalue weighted by Gasteiger charge is 2.06. The number of amides is 1. The molecule has 0 radical (unpaired) electrons. The Hall–Kier alpha value is -2.61. The van der Waals surface area contributed by atoms with E-state index in [1.165, 1.54) is 12.5 Å². The number of carbonyl (C=O) groups is 1. The topological polar surface area (TPSA) is 81.6 Å². The summed E-state index contributed by atoms with van der Waals surface area (Å²) in [5.74, 6) is -0.285. The molecule has 16 heavy (non-hydrogen) atoms. The van der Waals surface area contributed by atoms with E-state index in [4.69, 9.17) is 5.26 Å². The second-order valence-corrected chi connectivity index (χ2v) is 3.11. The molecule has 1 heterocycles. The normalized spacial score (nSPS) is 9.44. The number of hydrogen-bond donors (Lipinski definition) is 2. The van der Waals surface area contributed by atoms with E-state index >= 15 is 0 Å². The van der Waals surface area contributed by atoms with E-state index in [1.54, 1.807) is 24.3 Å². The summed E-state index contributed by atoms with van der Waals surface area (Å²) in [6.45, 7) is 0. The van der Waals surface area contributed by atoms with Crippen molar-refractivity contribution in [2.24, 2.45) is 0 Å². The van der Waals surface area contributed by atoms with Crippen molar-refractivity contribution in [3.63, 3.8) is 0 Å². The van der Waals surface area contributed by atoms with E-state index in [0.29, 0.717) is 16.9 Å². The lowest BCUT2D eigenvalue weighted by Crippen LogP contribution is -2.12. The summed E-state index contributed by atoms with van der Waals surface area (Å²) in [6, 6.07) is 8.71. The molecule has 1 aromatic heterocycles. The van der Waals surface area contributed by atoms with Crippen LogP contribution in [-0.4, -0.2) is 15.9 Å². The molecule has 78 valence electrons. The van der Waals surface area contributed by atoms with E-state index in [2.05, 4.69) is 15.3 Å². The molecular weight excluding hydrogens is 204 g/mol. The van der Waals surface area contributed by atoms with Gasteiger partial charge in [0.15, 0.2) is 0 Å². The second kappa shape index (κ2) is 4.28. The van der Waals surface area contributed by atoms with E-state index in [-0.39, 0.29) is 5.91 Å². The summed E-state index contributed by atoms with van der Waals surface area (Å²) in [7, 11) is 0. The molecule has 0 fully saturated rings. The minimum atomic E-state index is -0.285. The molecule has 0 aliphatic rings. The molecule has 0 atom stereocenters. The van der Waals surface area contributed by atoms with Gasteiger partial charge in [0.1, 0.15) is 5.69 Å². The highest BCUT2D eigenvalue weighted by atomic mass is 16.1. The SMILES string of the molecule is N#Cc1cccc(NC(=O)c2cnc[nH]2)c1. The first-order valence-corrected chi connectivity index (χ1v) is 4.59. The highest BCUT2D eigenvalue weighted by molar-refractivity contribution is 6.02. The second-order valence-electron chi connectivity index (χ2n) is 3.11. The van der Waals surface area contributed by atoms with Gasteiger partial charge in [0.25, 0.3) is 5.91 Å². The molecule has 5 nitrogen and oxygen atoms in total. The van der Waals surface area contributed by atoms with Crippen molar-refractivity contribution < 1.29 is 4.79 Å². The Labute approximate surface area is 91.8 Å². The molecule has 0 unspecified atom stereocenters. The minimum absolute atomic E-state index is 0.285. The van der Waals surface area contributed by atoms with Gasteiger partial charge < -0.3 is 10.3 Å². The average molecular weight is 212 g/mol. The molecule has 2 rings (SSSR count). The Balaban J connectivity index is 2.16. The smallest absolute Gasteiger partial charge is 0.273 e. The fourth-order valence-corrected chi connectivity index (χ4v) is 1.24.